The molecule has 3 aromatic heterocycles. The third-order valence-electron chi connectivity index (χ3n) is 3.93. The van der Waals surface area contributed by atoms with Crippen molar-refractivity contribution < 1.29 is 14.3 Å². The molecule has 3 aromatic rings. The molecule has 0 spiro atoms. The summed E-state index contributed by atoms with van der Waals surface area (Å²) in [4.78, 5) is 17.1. The Morgan fingerprint density at radius 2 is 2.26 bits per heavy atom. The molecular weight excluding hydrogens is 317 g/mol. The summed E-state index contributed by atoms with van der Waals surface area (Å²) in [5.41, 5.74) is 2.54. The van der Waals surface area contributed by atoms with Gasteiger partial charge in [0.1, 0.15) is 11.8 Å². The number of anilines is 1. The molecule has 0 bridgehead atoms. The number of fused-ring (bicyclic) bond motifs is 1. The van der Waals surface area contributed by atoms with Gasteiger partial charge in [-0.15, -0.1) is 11.3 Å². The number of aromatic nitrogens is 2. The van der Waals surface area contributed by atoms with E-state index >= 15 is 0 Å². The minimum absolute atomic E-state index is 0.00606. The molecule has 2 atom stereocenters. The van der Waals surface area contributed by atoms with Crippen LogP contribution in [0.4, 0.5) is 10.2 Å². The van der Waals surface area contributed by atoms with E-state index in [4.69, 9.17) is 0 Å². The topological polar surface area (TPSA) is 66.6 Å². The largest absolute Gasteiger partial charge is 0.392 e. The summed E-state index contributed by atoms with van der Waals surface area (Å²) in [5.74, 6) is -0.435. The molecule has 118 valence electrons. The number of halogens is 1. The van der Waals surface area contributed by atoms with E-state index in [1.165, 1.54) is 0 Å². The second kappa shape index (κ2) is 5.43. The molecule has 5 nitrogen and oxygen atoms in total. The van der Waals surface area contributed by atoms with Crippen molar-refractivity contribution in [3.63, 3.8) is 0 Å². The van der Waals surface area contributed by atoms with Crippen LogP contribution in [0.15, 0.2) is 36.0 Å². The highest BCUT2D eigenvalue weighted by molar-refractivity contribution is 7.13. The van der Waals surface area contributed by atoms with Crippen LogP contribution in [-0.2, 0) is 11.4 Å². The van der Waals surface area contributed by atoms with Crippen LogP contribution in [0.1, 0.15) is 12.0 Å². The molecule has 1 aliphatic carbocycles. The van der Waals surface area contributed by atoms with Gasteiger partial charge in [0.15, 0.2) is 5.82 Å². The number of aliphatic hydroxyl groups is 1. The van der Waals surface area contributed by atoms with Crippen molar-refractivity contribution in [1.29, 1.82) is 0 Å². The van der Waals surface area contributed by atoms with E-state index in [-0.39, 0.29) is 12.5 Å². The third-order valence-corrected chi connectivity index (χ3v) is 4.94. The first-order valence-corrected chi connectivity index (χ1v) is 8.15. The van der Waals surface area contributed by atoms with Crippen molar-refractivity contribution in [1.82, 2.24) is 9.38 Å². The van der Waals surface area contributed by atoms with Gasteiger partial charge in [-0.2, -0.15) is 0 Å². The van der Waals surface area contributed by atoms with Crippen LogP contribution in [0.5, 0.6) is 0 Å². The van der Waals surface area contributed by atoms with Gasteiger partial charge in [0.05, 0.1) is 18.7 Å². The lowest BCUT2D eigenvalue weighted by molar-refractivity contribution is -0.117. The first-order chi connectivity index (χ1) is 11.2. The highest BCUT2D eigenvalue weighted by Gasteiger charge is 2.43. The van der Waals surface area contributed by atoms with Gasteiger partial charge in [0, 0.05) is 16.6 Å². The van der Waals surface area contributed by atoms with Crippen LogP contribution in [0, 0.1) is 5.92 Å². The van der Waals surface area contributed by atoms with Crippen LogP contribution in [0.3, 0.4) is 0 Å². The molecule has 0 radical (unpaired) electrons. The lowest BCUT2D eigenvalue weighted by atomic mass is 10.1. The molecule has 0 aromatic carbocycles. The number of amides is 1. The number of hydrogen-bond donors (Lipinski definition) is 2. The first kappa shape index (κ1) is 14.3. The van der Waals surface area contributed by atoms with Crippen molar-refractivity contribution in [2.45, 2.75) is 19.2 Å². The molecule has 0 saturated heterocycles. The van der Waals surface area contributed by atoms with Gasteiger partial charge in [-0.25, -0.2) is 9.37 Å². The standard InChI is InChI=1S/C16H14FN3O2S/c17-12-5-11(12)16(22)19-13-7-20-6-9(1-2-14(20)18-13)15-10(8-21)3-4-23-15/h1-4,6-7,11-12,21H,5,8H2,(H,19,22). The van der Waals surface area contributed by atoms with Crippen molar-refractivity contribution in [2.75, 3.05) is 5.32 Å². The van der Waals surface area contributed by atoms with Crippen LogP contribution in [0.25, 0.3) is 16.1 Å². The number of carbonyl (C=O) groups is 1. The Labute approximate surface area is 135 Å². The zero-order valence-corrected chi connectivity index (χ0v) is 12.9. The second-order valence-corrected chi connectivity index (χ2v) is 6.51. The normalized spacial score (nSPS) is 19.9. The Bertz CT molecular complexity index is 888. The van der Waals surface area contributed by atoms with Gasteiger partial charge in [0.25, 0.3) is 0 Å². The van der Waals surface area contributed by atoms with E-state index in [9.17, 15) is 14.3 Å². The quantitative estimate of drug-likeness (QED) is 0.772. The molecule has 3 heterocycles. The number of rotatable bonds is 4. The number of pyridine rings is 1. The fourth-order valence-corrected chi connectivity index (χ4v) is 3.46. The molecule has 2 N–H and O–H groups in total. The van der Waals surface area contributed by atoms with E-state index in [2.05, 4.69) is 10.3 Å². The van der Waals surface area contributed by atoms with Gasteiger partial charge in [-0.3, -0.25) is 4.79 Å². The van der Waals surface area contributed by atoms with E-state index in [0.717, 1.165) is 16.0 Å². The fourth-order valence-electron chi connectivity index (χ4n) is 2.55. The molecule has 1 amide bonds. The van der Waals surface area contributed by atoms with Gasteiger partial charge in [-0.1, -0.05) is 0 Å². The smallest absolute Gasteiger partial charge is 0.231 e. The van der Waals surface area contributed by atoms with Crippen molar-refractivity contribution in [2.24, 2.45) is 5.92 Å². The monoisotopic (exact) mass is 331 g/mol. The fraction of sp³-hybridized carbons (Fsp3) is 0.250. The number of aliphatic hydroxyl groups excluding tert-OH is 1. The highest BCUT2D eigenvalue weighted by atomic mass is 32.1. The summed E-state index contributed by atoms with van der Waals surface area (Å²) in [6.45, 7) is -0.00606. The van der Waals surface area contributed by atoms with Crippen LogP contribution >= 0.6 is 11.3 Å². The maximum Gasteiger partial charge on any atom is 0.231 e. The minimum Gasteiger partial charge on any atom is -0.392 e. The summed E-state index contributed by atoms with van der Waals surface area (Å²) in [5, 5.41) is 14.0. The number of hydrogen-bond acceptors (Lipinski definition) is 4. The summed E-state index contributed by atoms with van der Waals surface area (Å²) < 4.78 is 14.7. The third kappa shape index (κ3) is 2.62. The summed E-state index contributed by atoms with van der Waals surface area (Å²) in [7, 11) is 0. The zero-order chi connectivity index (χ0) is 16.0. The van der Waals surface area contributed by atoms with E-state index in [1.807, 2.05) is 34.2 Å². The maximum atomic E-state index is 12.9. The zero-order valence-electron chi connectivity index (χ0n) is 12.1. The summed E-state index contributed by atoms with van der Waals surface area (Å²) in [6.07, 6.45) is 2.89. The SMILES string of the molecule is O=C(Nc1cn2cc(-c3sccc3CO)ccc2n1)C1CC1F. The molecule has 23 heavy (non-hydrogen) atoms. The first-order valence-electron chi connectivity index (χ1n) is 7.27. The molecule has 2 unspecified atom stereocenters. The maximum absolute atomic E-state index is 12.9. The Morgan fingerprint density at radius 1 is 1.43 bits per heavy atom. The number of nitrogens with one attached hydrogen (secondary N) is 1. The molecule has 7 heteroatoms. The van der Waals surface area contributed by atoms with Gasteiger partial charge < -0.3 is 14.8 Å². The van der Waals surface area contributed by atoms with Crippen molar-refractivity contribution >= 4 is 28.7 Å². The Hall–Kier alpha value is -2.25. The summed E-state index contributed by atoms with van der Waals surface area (Å²) in [6, 6.07) is 5.67. The summed E-state index contributed by atoms with van der Waals surface area (Å²) >= 11 is 1.56. The van der Waals surface area contributed by atoms with E-state index in [1.54, 1.807) is 17.5 Å². The van der Waals surface area contributed by atoms with Gasteiger partial charge >= 0.3 is 0 Å². The number of alkyl halides is 1. The minimum atomic E-state index is -1.02. The van der Waals surface area contributed by atoms with E-state index < -0.39 is 12.1 Å². The lowest BCUT2D eigenvalue weighted by Crippen LogP contribution is -2.15. The Balaban J connectivity index is 1.63. The predicted molar refractivity (Wildman–Crippen MR) is 86.1 cm³/mol. The molecule has 1 aliphatic rings. The van der Waals surface area contributed by atoms with Gasteiger partial charge in [-0.05, 0) is 35.6 Å². The average molecular weight is 331 g/mol. The lowest BCUT2D eigenvalue weighted by Gasteiger charge is -2.02. The molecule has 1 fully saturated rings. The number of nitrogens with zero attached hydrogens (tertiary/aromatic N) is 2. The molecule has 0 aliphatic heterocycles. The number of carbonyl (C=O) groups excluding carboxylic acids is 1. The van der Waals surface area contributed by atoms with Crippen molar-refractivity contribution in [3.8, 4) is 10.4 Å². The van der Waals surface area contributed by atoms with Crippen LogP contribution in [0.2, 0.25) is 0 Å². The number of imidazole rings is 1. The van der Waals surface area contributed by atoms with Crippen LogP contribution in [-0.4, -0.2) is 26.6 Å². The van der Waals surface area contributed by atoms with Crippen molar-refractivity contribution in [3.05, 3.63) is 41.5 Å². The second-order valence-electron chi connectivity index (χ2n) is 5.59. The van der Waals surface area contributed by atoms with Crippen LogP contribution < -0.4 is 5.32 Å². The highest BCUT2D eigenvalue weighted by Crippen LogP contribution is 2.35. The molecular formula is C16H14FN3O2S. The van der Waals surface area contributed by atoms with E-state index in [0.29, 0.717) is 17.9 Å². The average Bonchev–Trinajstić information content (AvgIpc) is 2.97. The number of thiophene rings is 1. The van der Waals surface area contributed by atoms with Gasteiger partial charge in [0.2, 0.25) is 5.91 Å². The molecule has 1 saturated carbocycles. The Kier molecular flexibility index (Phi) is 3.39. The Morgan fingerprint density at radius 3 is 3.00 bits per heavy atom. The molecule has 4 rings (SSSR count). The predicted octanol–water partition coefficient (Wildman–Crippen LogP) is 2.85.